The van der Waals surface area contributed by atoms with Gasteiger partial charge in [-0.3, -0.25) is 9.69 Å². The van der Waals surface area contributed by atoms with Gasteiger partial charge in [-0.25, -0.2) is 4.79 Å². The van der Waals surface area contributed by atoms with Crippen LogP contribution < -0.4 is 0 Å². The van der Waals surface area contributed by atoms with Gasteiger partial charge < -0.3 is 14.7 Å². The molecule has 2 amide bonds. The quantitative estimate of drug-likeness (QED) is 0.787. The standard InChI is InChI=1S/C19H32N2O4/c1-18(2,3)25-17(23)21-11-6-8-15(21)16(22)20-12-10-19(24)9-5-4-7-14(19)13-20/h14-15,24H,4-13H2,1-3H3. The third kappa shape index (κ3) is 3.94. The van der Waals surface area contributed by atoms with Gasteiger partial charge in [0.05, 0.1) is 5.60 Å². The van der Waals surface area contributed by atoms with Crippen molar-refractivity contribution in [3.8, 4) is 0 Å². The molecule has 0 aromatic heterocycles. The smallest absolute Gasteiger partial charge is 0.410 e. The fourth-order valence-corrected chi connectivity index (χ4v) is 4.54. The molecule has 3 rings (SSSR count). The minimum absolute atomic E-state index is 0.0241. The predicted octanol–water partition coefficient (Wildman–Crippen LogP) is 2.54. The van der Waals surface area contributed by atoms with E-state index in [-0.39, 0.29) is 11.8 Å². The highest BCUT2D eigenvalue weighted by Gasteiger charge is 2.46. The van der Waals surface area contributed by atoms with Crippen LogP contribution in [0.1, 0.15) is 65.7 Å². The van der Waals surface area contributed by atoms with Crippen LogP contribution in [0.3, 0.4) is 0 Å². The van der Waals surface area contributed by atoms with Gasteiger partial charge in [0.1, 0.15) is 11.6 Å². The van der Waals surface area contributed by atoms with E-state index in [0.29, 0.717) is 32.5 Å². The SMILES string of the molecule is CC(C)(C)OC(=O)N1CCCC1C(=O)N1CCC2(O)CCCCC2C1. The zero-order chi connectivity index (χ0) is 18.2. The number of aliphatic hydroxyl groups is 1. The van der Waals surface area contributed by atoms with Gasteiger partial charge in [-0.15, -0.1) is 0 Å². The van der Waals surface area contributed by atoms with Crippen LogP contribution in [-0.2, 0) is 9.53 Å². The lowest BCUT2D eigenvalue weighted by Crippen LogP contribution is -2.58. The minimum atomic E-state index is -0.588. The lowest BCUT2D eigenvalue weighted by Gasteiger charge is -2.48. The van der Waals surface area contributed by atoms with Crippen molar-refractivity contribution in [2.24, 2.45) is 5.92 Å². The van der Waals surface area contributed by atoms with Crippen molar-refractivity contribution in [2.75, 3.05) is 19.6 Å². The maximum absolute atomic E-state index is 13.1. The monoisotopic (exact) mass is 352 g/mol. The Morgan fingerprint density at radius 1 is 1.08 bits per heavy atom. The van der Waals surface area contributed by atoms with Gasteiger partial charge >= 0.3 is 6.09 Å². The van der Waals surface area contributed by atoms with Gasteiger partial charge in [0.25, 0.3) is 0 Å². The summed E-state index contributed by atoms with van der Waals surface area (Å²) in [6.07, 6.45) is 5.84. The highest BCUT2D eigenvalue weighted by molar-refractivity contribution is 5.86. The van der Waals surface area contributed by atoms with Crippen LogP contribution in [0, 0.1) is 5.92 Å². The Morgan fingerprint density at radius 3 is 2.56 bits per heavy atom. The number of ether oxygens (including phenoxy) is 1. The fourth-order valence-electron chi connectivity index (χ4n) is 4.54. The molecule has 25 heavy (non-hydrogen) atoms. The van der Waals surface area contributed by atoms with Gasteiger partial charge in [0.2, 0.25) is 5.91 Å². The molecule has 3 unspecified atom stereocenters. The summed E-state index contributed by atoms with van der Waals surface area (Å²) >= 11 is 0. The number of amides is 2. The van der Waals surface area contributed by atoms with Gasteiger partial charge in [0, 0.05) is 25.6 Å². The average molecular weight is 352 g/mol. The van der Waals surface area contributed by atoms with Crippen molar-refractivity contribution in [3.05, 3.63) is 0 Å². The second kappa shape index (κ2) is 6.78. The first-order chi connectivity index (χ1) is 11.7. The van der Waals surface area contributed by atoms with E-state index in [1.165, 1.54) is 0 Å². The Kier molecular flexibility index (Phi) is 5.02. The lowest BCUT2D eigenvalue weighted by atomic mass is 9.71. The number of rotatable bonds is 1. The number of carbonyl (C=O) groups is 2. The number of hydrogen-bond donors (Lipinski definition) is 1. The summed E-state index contributed by atoms with van der Waals surface area (Å²) in [6, 6.07) is -0.412. The fraction of sp³-hybridized carbons (Fsp3) is 0.895. The minimum Gasteiger partial charge on any atom is -0.444 e. The van der Waals surface area contributed by atoms with Gasteiger partial charge in [-0.05, 0) is 52.9 Å². The van der Waals surface area contributed by atoms with E-state index >= 15 is 0 Å². The number of piperidine rings is 1. The molecule has 3 aliphatic rings. The lowest BCUT2D eigenvalue weighted by molar-refractivity contribution is -0.147. The zero-order valence-corrected chi connectivity index (χ0v) is 15.8. The van der Waals surface area contributed by atoms with Crippen LogP contribution >= 0.6 is 0 Å². The van der Waals surface area contributed by atoms with Crippen molar-refractivity contribution in [2.45, 2.75) is 83.0 Å². The second-order valence-corrected chi connectivity index (χ2v) is 8.91. The van der Waals surface area contributed by atoms with E-state index < -0.39 is 23.3 Å². The summed E-state index contributed by atoms with van der Waals surface area (Å²) in [5.74, 6) is 0.200. The summed E-state index contributed by atoms with van der Waals surface area (Å²) < 4.78 is 5.47. The van der Waals surface area contributed by atoms with Crippen molar-refractivity contribution < 1.29 is 19.4 Å². The molecule has 2 aliphatic heterocycles. The highest BCUT2D eigenvalue weighted by atomic mass is 16.6. The highest BCUT2D eigenvalue weighted by Crippen LogP contribution is 2.40. The number of fused-ring (bicyclic) bond motifs is 1. The van der Waals surface area contributed by atoms with E-state index in [1.807, 2.05) is 25.7 Å². The number of carbonyl (C=O) groups excluding carboxylic acids is 2. The largest absolute Gasteiger partial charge is 0.444 e. The van der Waals surface area contributed by atoms with E-state index in [2.05, 4.69) is 0 Å². The molecular formula is C19H32N2O4. The Bertz CT molecular complexity index is 530. The first-order valence-corrected chi connectivity index (χ1v) is 9.70. The van der Waals surface area contributed by atoms with Crippen molar-refractivity contribution in [1.29, 1.82) is 0 Å². The third-order valence-electron chi connectivity index (χ3n) is 5.91. The van der Waals surface area contributed by atoms with Crippen molar-refractivity contribution in [1.82, 2.24) is 9.80 Å². The van der Waals surface area contributed by atoms with Crippen LogP contribution in [0.5, 0.6) is 0 Å². The van der Waals surface area contributed by atoms with E-state index in [0.717, 1.165) is 32.1 Å². The molecule has 2 heterocycles. The van der Waals surface area contributed by atoms with Crippen molar-refractivity contribution >= 4 is 12.0 Å². The topological polar surface area (TPSA) is 70.1 Å². The molecule has 2 saturated heterocycles. The molecule has 1 N–H and O–H groups in total. The molecule has 3 fully saturated rings. The summed E-state index contributed by atoms with van der Waals surface area (Å²) in [4.78, 5) is 29.0. The number of hydrogen-bond acceptors (Lipinski definition) is 4. The van der Waals surface area contributed by atoms with E-state index in [1.54, 1.807) is 4.90 Å². The molecule has 0 aromatic rings. The van der Waals surface area contributed by atoms with Gasteiger partial charge in [0.15, 0.2) is 0 Å². The number of nitrogens with zero attached hydrogens (tertiary/aromatic N) is 2. The van der Waals surface area contributed by atoms with Crippen LogP contribution in [0.4, 0.5) is 4.79 Å². The van der Waals surface area contributed by atoms with E-state index in [4.69, 9.17) is 4.74 Å². The Morgan fingerprint density at radius 2 is 1.84 bits per heavy atom. The summed E-state index contributed by atoms with van der Waals surface area (Å²) in [6.45, 7) is 7.30. The molecule has 142 valence electrons. The van der Waals surface area contributed by atoms with Crippen LogP contribution in [-0.4, -0.2) is 63.8 Å². The molecule has 0 bridgehead atoms. The molecule has 0 radical (unpaired) electrons. The Labute approximate surface area is 150 Å². The summed E-state index contributed by atoms with van der Waals surface area (Å²) in [7, 11) is 0. The first kappa shape index (κ1) is 18.5. The maximum atomic E-state index is 13.1. The molecule has 6 nitrogen and oxygen atoms in total. The second-order valence-electron chi connectivity index (χ2n) is 8.91. The zero-order valence-electron chi connectivity index (χ0n) is 15.8. The Balaban J connectivity index is 1.65. The van der Waals surface area contributed by atoms with Crippen LogP contribution in [0.2, 0.25) is 0 Å². The Hall–Kier alpha value is -1.30. The first-order valence-electron chi connectivity index (χ1n) is 9.70. The maximum Gasteiger partial charge on any atom is 0.410 e. The van der Waals surface area contributed by atoms with Crippen LogP contribution in [0.15, 0.2) is 0 Å². The van der Waals surface area contributed by atoms with Crippen molar-refractivity contribution in [3.63, 3.8) is 0 Å². The normalized spacial score (nSPS) is 33.1. The summed E-state index contributed by atoms with van der Waals surface area (Å²) in [5.41, 5.74) is -1.15. The van der Waals surface area contributed by atoms with Gasteiger partial charge in [-0.1, -0.05) is 12.8 Å². The molecule has 1 saturated carbocycles. The average Bonchev–Trinajstić information content (AvgIpc) is 3.01. The molecule has 0 spiro atoms. The van der Waals surface area contributed by atoms with E-state index in [9.17, 15) is 14.7 Å². The molecule has 1 aliphatic carbocycles. The third-order valence-corrected chi connectivity index (χ3v) is 5.91. The number of likely N-dealkylation sites (tertiary alicyclic amines) is 2. The molecule has 6 heteroatoms. The predicted molar refractivity (Wildman–Crippen MR) is 94.1 cm³/mol. The molecule has 0 aromatic carbocycles. The van der Waals surface area contributed by atoms with Gasteiger partial charge in [-0.2, -0.15) is 0 Å². The molecule has 3 atom stereocenters. The van der Waals surface area contributed by atoms with Crippen LogP contribution in [0.25, 0.3) is 0 Å². The summed E-state index contributed by atoms with van der Waals surface area (Å²) in [5, 5.41) is 10.8. The molecular weight excluding hydrogens is 320 g/mol.